The second-order valence-electron chi connectivity index (χ2n) is 9.41. The van der Waals surface area contributed by atoms with Crippen LogP contribution in [0.3, 0.4) is 0 Å². The number of aryl methyl sites for hydroxylation is 1. The van der Waals surface area contributed by atoms with E-state index < -0.39 is 17.7 Å². The molecule has 1 N–H and O–H groups in total. The molecule has 7 nitrogen and oxygen atoms in total. The Bertz CT molecular complexity index is 1390. The van der Waals surface area contributed by atoms with Crippen LogP contribution in [0.1, 0.15) is 43.0 Å². The van der Waals surface area contributed by atoms with Gasteiger partial charge in [0.05, 0.1) is 25.3 Å². The van der Waals surface area contributed by atoms with Crippen molar-refractivity contribution in [3.05, 3.63) is 89.0 Å². The first-order valence-electron chi connectivity index (χ1n) is 13.0. The fraction of sp³-hybridized carbons (Fsp3) is 0.290. The van der Waals surface area contributed by atoms with Gasteiger partial charge in [0.2, 0.25) is 0 Å². The SMILES string of the molecule is CCN(CC)c1ccc(N2C(=O)C(=O)/C(=C(\O)c3ccc4c(c3)CCCO4)C2c2cccc(OC)c2)cc1. The number of nitrogens with zero attached hydrogens (tertiary/aromatic N) is 2. The van der Waals surface area contributed by atoms with Crippen LogP contribution in [0.25, 0.3) is 5.76 Å². The van der Waals surface area contributed by atoms with Crippen molar-refractivity contribution in [2.24, 2.45) is 0 Å². The Balaban J connectivity index is 1.65. The number of amides is 1. The van der Waals surface area contributed by atoms with Crippen LogP contribution in [0.4, 0.5) is 11.4 Å². The normalized spacial score (nSPS) is 18.2. The number of carbonyl (C=O) groups excluding carboxylic acids is 2. The lowest BCUT2D eigenvalue weighted by atomic mass is 9.93. The van der Waals surface area contributed by atoms with Crippen LogP contribution in [0.15, 0.2) is 72.3 Å². The molecule has 1 unspecified atom stereocenters. The van der Waals surface area contributed by atoms with E-state index in [1.807, 2.05) is 48.5 Å². The van der Waals surface area contributed by atoms with Gasteiger partial charge >= 0.3 is 0 Å². The molecular formula is C31H32N2O5. The molecule has 0 saturated carbocycles. The summed E-state index contributed by atoms with van der Waals surface area (Å²) in [5.41, 5.74) is 3.78. The molecule has 3 aromatic rings. The third-order valence-electron chi connectivity index (χ3n) is 7.29. The molecule has 3 aromatic carbocycles. The van der Waals surface area contributed by atoms with Crippen LogP contribution in [-0.4, -0.2) is 43.6 Å². The largest absolute Gasteiger partial charge is 0.507 e. The van der Waals surface area contributed by atoms with Gasteiger partial charge in [-0.25, -0.2) is 0 Å². The number of aliphatic hydroxyl groups is 1. The molecule has 2 aliphatic rings. The van der Waals surface area contributed by atoms with Gasteiger partial charge in [0.1, 0.15) is 17.3 Å². The van der Waals surface area contributed by atoms with E-state index in [0.29, 0.717) is 29.2 Å². The predicted molar refractivity (Wildman–Crippen MR) is 148 cm³/mol. The second kappa shape index (κ2) is 10.6. The molecule has 0 aromatic heterocycles. The number of Topliss-reactive ketones (excluding diaryl/α,β-unsaturated/α-hetero) is 1. The number of hydrogen-bond acceptors (Lipinski definition) is 6. The number of ether oxygens (including phenoxy) is 2. The van der Waals surface area contributed by atoms with Crippen molar-refractivity contribution in [3.8, 4) is 11.5 Å². The van der Waals surface area contributed by atoms with Gasteiger partial charge in [-0.1, -0.05) is 12.1 Å². The van der Waals surface area contributed by atoms with E-state index >= 15 is 0 Å². The number of carbonyl (C=O) groups is 2. The second-order valence-corrected chi connectivity index (χ2v) is 9.41. The van der Waals surface area contributed by atoms with Crippen LogP contribution >= 0.6 is 0 Å². The van der Waals surface area contributed by atoms with E-state index in [2.05, 4.69) is 18.7 Å². The molecule has 1 amide bonds. The monoisotopic (exact) mass is 512 g/mol. The molecule has 196 valence electrons. The summed E-state index contributed by atoms with van der Waals surface area (Å²) in [7, 11) is 1.57. The summed E-state index contributed by atoms with van der Waals surface area (Å²) in [5, 5.41) is 11.5. The molecule has 0 radical (unpaired) electrons. The summed E-state index contributed by atoms with van der Waals surface area (Å²) < 4.78 is 11.1. The Hall–Kier alpha value is -4.26. The first-order valence-corrected chi connectivity index (χ1v) is 13.0. The van der Waals surface area contributed by atoms with Crippen molar-refractivity contribution in [2.45, 2.75) is 32.7 Å². The smallest absolute Gasteiger partial charge is 0.300 e. The Labute approximate surface area is 222 Å². The molecule has 0 spiro atoms. The van der Waals surface area contributed by atoms with Gasteiger partial charge in [-0.05, 0) is 92.4 Å². The van der Waals surface area contributed by atoms with Gasteiger partial charge in [0, 0.05) is 30.0 Å². The fourth-order valence-electron chi connectivity index (χ4n) is 5.30. The highest BCUT2D eigenvalue weighted by atomic mass is 16.5. The van der Waals surface area contributed by atoms with Gasteiger partial charge in [-0.2, -0.15) is 0 Å². The van der Waals surface area contributed by atoms with Crippen LogP contribution in [0.2, 0.25) is 0 Å². The number of fused-ring (bicyclic) bond motifs is 1. The van der Waals surface area contributed by atoms with Crippen LogP contribution in [0.5, 0.6) is 11.5 Å². The number of aliphatic hydroxyl groups excluding tert-OH is 1. The molecule has 7 heteroatoms. The van der Waals surface area contributed by atoms with Gasteiger partial charge in [-0.15, -0.1) is 0 Å². The third kappa shape index (κ3) is 4.49. The average molecular weight is 513 g/mol. The maximum Gasteiger partial charge on any atom is 0.300 e. The van der Waals surface area contributed by atoms with Crippen molar-refractivity contribution in [1.82, 2.24) is 0 Å². The lowest BCUT2D eigenvalue weighted by molar-refractivity contribution is -0.132. The maximum atomic E-state index is 13.5. The maximum absolute atomic E-state index is 13.5. The number of methoxy groups -OCH3 is 1. The topological polar surface area (TPSA) is 79.3 Å². The summed E-state index contributed by atoms with van der Waals surface area (Å²) in [4.78, 5) is 30.7. The molecule has 5 rings (SSSR count). The van der Waals surface area contributed by atoms with Crippen molar-refractivity contribution in [3.63, 3.8) is 0 Å². The Kier molecular flexibility index (Phi) is 7.09. The number of anilines is 2. The standard InChI is InChI=1S/C31H32N2O5/c1-4-32(5-2)23-12-14-24(15-13-23)33-28(21-8-6-10-25(19-21)37-3)27(30(35)31(33)36)29(34)22-11-16-26-20(18-22)9-7-17-38-26/h6,8,10-16,18-19,28,34H,4-5,7,9,17H2,1-3H3/b29-27-. The molecule has 1 fully saturated rings. The minimum atomic E-state index is -0.823. The predicted octanol–water partition coefficient (Wildman–Crippen LogP) is 5.49. The van der Waals surface area contributed by atoms with Gasteiger partial charge in [0.15, 0.2) is 0 Å². The number of hydrogen-bond donors (Lipinski definition) is 1. The Morgan fingerprint density at radius 1 is 1.05 bits per heavy atom. The van der Waals surface area contributed by atoms with Gasteiger partial charge < -0.3 is 19.5 Å². The number of ketones is 1. The van der Waals surface area contributed by atoms with Crippen molar-refractivity contribution in [1.29, 1.82) is 0 Å². The van der Waals surface area contributed by atoms with E-state index in [0.717, 1.165) is 42.9 Å². The zero-order chi connectivity index (χ0) is 26.8. The van der Waals surface area contributed by atoms with Crippen LogP contribution in [-0.2, 0) is 16.0 Å². The average Bonchev–Trinajstić information content (AvgIpc) is 3.23. The number of rotatable bonds is 7. The molecule has 38 heavy (non-hydrogen) atoms. The van der Waals surface area contributed by atoms with E-state index in [9.17, 15) is 14.7 Å². The summed E-state index contributed by atoms with van der Waals surface area (Å²) in [6.07, 6.45) is 1.71. The first-order chi connectivity index (χ1) is 18.5. The van der Waals surface area contributed by atoms with Gasteiger partial charge in [-0.3, -0.25) is 14.5 Å². The highest BCUT2D eigenvalue weighted by molar-refractivity contribution is 6.51. The van der Waals surface area contributed by atoms with Crippen LogP contribution in [0, 0.1) is 0 Å². The van der Waals surface area contributed by atoms with E-state index in [4.69, 9.17) is 9.47 Å². The summed E-state index contributed by atoms with van der Waals surface area (Å²) in [6.45, 7) is 6.55. The minimum Gasteiger partial charge on any atom is -0.507 e. The molecule has 0 bridgehead atoms. The number of benzene rings is 3. The molecule has 1 atom stereocenters. The van der Waals surface area contributed by atoms with E-state index in [-0.39, 0.29) is 11.3 Å². The van der Waals surface area contributed by atoms with Crippen molar-refractivity contribution >= 4 is 28.8 Å². The lowest BCUT2D eigenvalue weighted by Crippen LogP contribution is -2.29. The van der Waals surface area contributed by atoms with E-state index in [1.54, 1.807) is 25.3 Å². The quantitative estimate of drug-likeness (QED) is 0.256. The Morgan fingerprint density at radius 2 is 1.82 bits per heavy atom. The molecule has 2 aliphatic heterocycles. The first kappa shape index (κ1) is 25.4. The third-order valence-corrected chi connectivity index (χ3v) is 7.29. The fourth-order valence-corrected chi connectivity index (χ4v) is 5.30. The summed E-state index contributed by atoms with van der Waals surface area (Å²) in [6, 6.07) is 19.4. The highest BCUT2D eigenvalue weighted by Gasteiger charge is 2.47. The molecule has 2 heterocycles. The molecular weight excluding hydrogens is 480 g/mol. The summed E-state index contributed by atoms with van der Waals surface area (Å²) in [5.74, 6) is -0.234. The van der Waals surface area contributed by atoms with Crippen LogP contribution < -0.4 is 19.3 Å². The molecule has 0 aliphatic carbocycles. The van der Waals surface area contributed by atoms with Crippen molar-refractivity contribution in [2.75, 3.05) is 36.6 Å². The zero-order valence-corrected chi connectivity index (χ0v) is 21.9. The highest BCUT2D eigenvalue weighted by Crippen LogP contribution is 2.43. The van der Waals surface area contributed by atoms with E-state index in [1.165, 1.54) is 4.90 Å². The van der Waals surface area contributed by atoms with Gasteiger partial charge in [0.25, 0.3) is 11.7 Å². The minimum absolute atomic E-state index is 0.0488. The summed E-state index contributed by atoms with van der Waals surface area (Å²) >= 11 is 0. The van der Waals surface area contributed by atoms with Crippen molar-refractivity contribution < 1.29 is 24.2 Å². The zero-order valence-electron chi connectivity index (χ0n) is 21.9. The molecule has 1 saturated heterocycles. The lowest BCUT2D eigenvalue weighted by Gasteiger charge is -2.27. The Morgan fingerprint density at radius 3 is 2.53 bits per heavy atom.